The fourth-order valence-corrected chi connectivity index (χ4v) is 5.31. The second-order valence-electron chi connectivity index (χ2n) is 10.5. The molecule has 0 bridgehead atoms. The third kappa shape index (κ3) is 5.50. The lowest BCUT2D eigenvalue weighted by Gasteiger charge is -2.31. The van der Waals surface area contributed by atoms with Crippen LogP contribution in [0.1, 0.15) is 16.7 Å². The molecule has 6 aromatic rings. The van der Waals surface area contributed by atoms with E-state index in [1.54, 1.807) is 0 Å². The zero-order valence-corrected chi connectivity index (χ0v) is 23.8. The van der Waals surface area contributed by atoms with E-state index < -0.39 is 0 Å². The van der Waals surface area contributed by atoms with Gasteiger partial charge in [0.25, 0.3) is 0 Å². The zero-order valence-electron chi connectivity index (χ0n) is 23.8. The Kier molecular flexibility index (Phi) is 7.38. The van der Waals surface area contributed by atoms with Gasteiger partial charge in [0.1, 0.15) is 0 Å². The summed E-state index contributed by atoms with van der Waals surface area (Å²) in [7, 11) is 0. The molecule has 2 heteroatoms. The van der Waals surface area contributed by atoms with Crippen molar-refractivity contribution in [2.75, 3.05) is 9.80 Å². The van der Waals surface area contributed by atoms with E-state index in [9.17, 15) is 0 Å². The zero-order chi connectivity index (χ0) is 28.2. The predicted molar refractivity (Wildman–Crippen MR) is 175 cm³/mol. The first-order valence-corrected chi connectivity index (χ1v) is 14.1. The molecule has 0 saturated heterocycles. The van der Waals surface area contributed by atoms with Gasteiger partial charge in [0.2, 0.25) is 0 Å². The molecule has 0 radical (unpaired) electrons. The van der Waals surface area contributed by atoms with Crippen molar-refractivity contribution in [2.24, 2.45) is 0 Å². The Morgan fingerprint density at radius 2 is 0.585 bits per heavy atom. The largest absolute Gasteiger partial charge is 0.310 e. The maximum absolute atomic E-state index is 2.36. The van der Waals surface area contributed by atoms with Gasteiger partial charge >= 0.3 is 0 Å². The van der Waals surface area contributed by atoms with E-state index in [1.165, 1.54) is 16.7 Å². The maximum atomic E-state index is 2.36. The molecule has 0 aliphatic heterocycles. The number of hydrogen-bond donors (Lipinski definition) is 0. The Hall–Kier alpha value is -5.08. The Labute approximate surface area is 243 Å². The van der Waals surface area contributed by atoms with Crippen molar-refractivity contribution < 1.29 is 0 Å². The van der Waals surface area contributed by atoms with Crippen LogP contribution in [0, 0.1) is 20.8 Å². The van der Waals surface area contributed by atoms with Gasteiger partial charge in [-0.15, -0.1) is 0 Å². The number of nitrogens with zero attached hydrogens (tertiary/aromatic N) is 2. The number of hydrogen-bond acceptors (Lipinski definition) is 2. The van der Waals surface area contributed by atoms with Gasteiger partial charge in [0.15, 0.2) is 0 Å². The van der Waals surface area contributed by atoms with Gasteiger partial charge < -0.3 is 9.80 Å². The number of anilines is 6. The molecule has 0 spiro atoms. The standard InChI is InChI=1S/C39H34N2/c1-29-17-23-33(24-18-29)40(32-11-5-4-6-12-32)38-15-9-7-13-36(38)37-14-8-10-16-39(37)41(34-25-19-30(2)20-26-34)35-27-21-31(3)22-28-35/h4-28H,1-3H3. The van der Waals surface area contributed by atoms with Crippen LogP contribution in [0.25, 0.3) is 11.1 Å². The minimum absolute atomic E-state index is 1.12. The van der Waals surface area contributed by atoms with Gasteiger partial charge in [-0.3, -0.25) is 0 Å². The maximum Gasteiger partial charge on any atom is 0.0540 e. The lowest BCUT2D eigenvalue weighted by molar-refractivity contribution is 1.26. The highest BCUT2D eigenvalue weighted by Crippen LogP contribution is 2.46. The van der Waals surface area contributed by atoms with E-state index >= 15 is 0 Å². The fraction of sp³-hybridized carbons (Fsp3) is 0.0769. The van der Waals surface area contributed by atoms with E-state index in [0.29, 0.717) is 0 Å². The highest BCUT2D eigenvalue weighted by atomic mass is 15.2. The Balaban J connectivity index is 1.57. The Bertz CT molecular complexity index is 1690. The molecule has 0 N–H and O–H groups in total. The number of para-hydroxylation sites is 3. The molecule has 2 nitrogen and oxygen atoms in total. The third-order valence-electron chi connectivity index (χ3n) is 7.47. The minimum atomic E-state index is 1.12. The SMILES string of the molecule is Cc1ccc(N(c2ccccc2)c2ccccc2-c2ccccc2N(c2ccc(C)cc2)c2ccc(C)cc2)cc1. The minimum Gasteiger partial charge on any atom is -0.310 e. The van der Waals surface area contributed by atoms with Crippen molar-refractivity contribution in [3.63, 3.8) is 0 Å². The second kappa shape index (κ2) is 11.6. The summed E-state index contributed by atoms with van der Waals surface area (Å²) >= 11 is 0. The highest BCUT2D eigenvalue weighted by Gasteiger charge is 2.21. The van der Waals surface area contributed by atoms with E-state index in [-0.39, 0.29) is 0 Å². The summed E-state index contributed by atoms with van der Waals surface area (Å²) in [6, 6.07) is 54.4. The molecule has 41 heavy (non-hydrogen) atoms. The molecular weight excluding hydrogens is 496 g/mol. The lowest BCUT2D eigenvalue weighted by Crippen LogP contribution is -2.13. The van der Waals surface area contributed by atoms with Gasteiger partial charge in [-0.2, -0.15) is 0 Å². The first-order chi connectivity index (χ1) is 20.1. The molecule has 6 rings (SSSR count). The van der Waals surface area contributed by atoms with Crippen molar-refractivity contribution in [1.29, 1.82) is 0 Å². The van der Waals surface area contributed by atoms with Gasteiger partial charge in [0.05, 0.1) is 11.4 Å². The highest BCUT2D eigenvalue weighted by molar-refractivity contribution is 5.95. The van der Waals surface area contributed by atoms with E-state index in [1.807, 2.05) is 0 Å². The summed E-state index contributed by atoms with van der Waals surface area (Å²) in [5.74, 6) is 0. The molecule has 0 unspecified atom stereocenters. The van der Waals surface area contributed by atoms with Crippen LogP contribution in [-0.4, -0.2) is 0 Å². The predicted octanol–water partition coefficient (Wildman–Crippen LogP) is 11.2. The van der Waals surface area contributed by atoms with Gasteiger partial charge in [-0.05, 0) is 81.4 Å². The summed E-state index contributed by atoms with van der Waals surface area (Å²) in [6.07, 6.45) is 0. The molecule has 0 fully saturated rings. The molecule has 6 aromatic carbocycles. The summed E-state index contributed by atoms with van der Waals surface area (Å²) in [6.45, 7) is 6.40. The van der Waals surface area contributed by atoms with E-state index in [0.717, 1.165) is 45.3 Å². The first kappa shape index (κ1) is 26.2. The van der Waals surface area contributed by atoms with Crippen LogP contribution in [-0.2, 0) is 0 Å². The van der Waals surface area contributed by atoms with Gasteiger partial charge in [0, 0.05) is 33.9 Å². The van der Waals surface area contributed by atoms with E-state index in [4.69, 9.17) is 0 Å². The number of benzene rings is 6. The van der Waals surface area contributed by atoms with E-state index in [2.05, 4.69) is 182 Å². The lowest BCUT2D eigenvalue weighted by atomic mass is 9.98. The van der Waals surface area contributed by atoms with Crippen LogP contribution in [0.5, 0.6) is 0 Å². The molecule has 0 aliphatic carbocycles. The first-order valence-electron chi connectivity index (χ1n) is 14.1. The number of rotatable bonds is 7. The van der Waals surface area contributed by atoms with Crippen LogP contribution in [0.15, 0.2) is 152 Å². The van der Waals surface area contributed by atoms with Crippen LogP contribution in [0.2, 0.25) is 0 Å². The van der Waals surface area contributed by atoms with Crippen molar-refractivity contribution in [1.82, 2.24) is 0 Å². The Morgan fingerprint density at radius 3 is 0.951 bits per heavy atom. The summed E-state index contributed by atoms with van der Waals surface area (Å²) < 4.78 is 0. The fourth-order valence-electron chi connectivity index (χ4n) is 5.31. The average Bonchev–Trinajstić information content (AvgIpc) is 3.01. The van der Waals surface area contributed by atoms with Gasteiger partial charge in [-0.25, -0.2) is 0 Å². The second-order valence-corrected chi connectivity index (χ2v) is 10.5. The van der Waals surface area contributed by atoms with Crippen LogP contribution < -0.4 is 9.80 Å². The molecule has 0 aliphatic rings. The number of aryl methyl sites for hydroxylation is 3. The Morgan fingerprint density at radius 1 is 0.293 bits per heavy atom. The molecular formula is C39H34N2. The van der Waals surface area contributed by atoms with Crippen LogP contribution in [0.4, 0.5) is 34.1 Å². The molecule has 0 amide bonds. The molecule has 0 saturated carbocycles. The van der Waals surface area contributed by atoms with Crippen molar-refractivity contribution in [3.8, 4) is 11.1 Å². The molecule has 0 aromatic heterocycles. The normalized spacial score (nSPS) is 10.8. The third-order valence-corrected chi connectivity index (χ3v) is 7.47. The topological polar surface area (TPSA) is 6.48 Å². The summed E-state index contributed by atoms with van der Waals surface area (Å²) in [4.78, 5) is 4.72. The van der Waals surface area contributed by atoms with Crippen molar-refractivity contribution >= 4 is 34.1 Å². The van der Waals surface area contributed by atoms with Gasteiger partial charge in [-0.1, -0.05) is 108 Å². The molecule has 0 atom stereocenters. The van der Waals surface area contributed by atoms with Crippen LogP contribution >= 0.6 is 0 Å². The molecule has 0 heterocycles. The monoisotopic (exact) mass is 530 g/mol. The summed E-state index contributed by atoms with van der Waals surface area (Å²) in [5, 5.41) is 0. The van der Waals surface area contributed by atoms with Crippen molar-refractivity contribution in [2.45, 2.75) is 20.8 Å². The average molecular weight is 531 g/mol. The summed E-state index contributed by atoms with van der Waals surface area (Å²) in [5.41, 5.74) is 12.8. The van der Waals surface area contributed by atoms with Crippen molar-refractivity contribution in [3.05, 3.63) is 168 Å². The van der Waals surface area contributed by atoms with Crippen LogP contribution in [0.3, 0.4) is 0 Å². The smallest absolute Gasteiger partial charge is 0.0540 e. The molecule has 200 valence electrons. The quantitative estimate of drug-likeness (QED) is 0.202.